The van der Waals surface area contributed by atoms with Gasteiger partial charge in [-0.2, -0.15) is 0 Å². The van der Waals surface area contributed by atoms with Crippen molar-refractivity contribution in [1.82, 2.24) is 0 Å². The zero-order valence-corrected chi connectivity index (χ0v) is 9.99. The molecule has 3 nitrogen and oxygen atoms in total. The highest BCUT2D eigenvalue weighted by atomic mass is 16.5. The lowest BCUT2D eigenvalue weighted by molar-refractivity contribution is -0.136. The summed E-state index contributed by atoms with van der Waals surface area (Å²) in [7, 11) is 3.93. The minimum absolute atomic E-state index is 0.361. The molecule has 0 bridgehead atoms. The second-order valence-corrected chi connectivity index (χ2v) is 3.64. The Balaban J connectivity index is 2.81. The van der Waals surface area contributed by atoms with E-state index in [9.17, 15) is 4.79 Å². The molecule has 86 valence electrons. The maximum Gasteiger partial charge on any atom is 0.338 e. The van der Waals surface area contributed by atoms with Gasteiger partial charge in [-0.15, -0.1) is 0 Å². The molecule has 0 aliphatic rings. The lowest BCUT2D eigenvalue weighted by Crippen LogP contribution is -2.09. The summed E-state index contributed by atoms with van der Waals surface area (Å²) in [5, 5.41) is 0. The van der Waals surface area contributed by atoms with Crippen LogP contribution in [0.25, 0.3) is 5.57 Å². The highest BCUT2D eigenvalue weighted by Gasteiger charge is 2.09. The van der Waals surface area contributed by atoms with Crippen LogP contribution in [-0.2, 0) is 9.53 Å². The van der Waals surface area contributed by atoms with Crippen molar-refractivity contribution in [3.8, 4) is 0 Å². The first-order chi connectivity index (χ1) is 7.56. The summed E-state index contributed by atoms with van der Waals surface area (Å²) in [4.78, 5) is 13.4. The quantitative estimate of drug-likeness (QED) is 0.575. The highest BCUT2D eigenvalue weighted by Crippen LogP contribution is 2.18. The number of carbonyl (C=O) groups excluding carboxylic acids is 1. The van der Waals surface area contributed by atoms with Crippen LogP contribution in [0.1, 0.15) is 12.5 Å². The van der Waals surface area contributed by atoms with E-state index in [0.717, 1.165) is 11.3 Å². The number of benzene rings is 1. The molecule has 1 aromatic rings. The summed E-state index contributed by atoms with van der Waals surface area (Å²) in [6.07, 6.45) is 0. The Morgan fingerprint density at radius 3 is 2.31 bits per heavy atom. The first kappa shape index (κ1) is 12.3. The summed E-state index contributed by atoms with van der Waals surface area (Å²) in [6.45, 7) is 5.88. The largest absolute Gasteiger partial charge is 0.462 e. The van der Waals surface area contributed by atoms with E-state index in [4.69, 9.17) is 4.74 Å². The Labute approximate surface area is 96.3 Å². The van der Waals surface area contributed by atoms with Crippen LogP contribution in [-0.4, -0.2) is 26.7 Å². The van der Waals surface area contributed by atoms with Crippen LogP contribution in [0.3, 0.4) is 0 Å². The van der Waals surface area contributed by atoms with E-state index in [0.29, 0.717) is 12.2 Å². The Morgan fingerprint density at radius 1 is 1.31 bits per heavy atom. The van der Waals surface area contributed by atoms with Crippen molar-refractivity contribution in [2.24, 2.45) is 0 Å². The third-order valence-electron chi connectivity index (χ3n) is 2.25. The summed E-state index contributed by atoms with van der Waals surface area (Å²) in [6, 6.07) is 7.63. The second kappa shape index (κ2) is 5.35. The maximum atomic E-state index is 11.4. The molecule has 0 heterocycles. The van der Waals surface area contributed by atoms with E-state index in [1.54, 1.807) is 6.92 Å². The summed E-state index contributed by atoms with van der Waals surface area (Å²) in [5.41, 5.74) is 2.27. The van der Waals surface area contributed by atoms with E-state index in [1.807, 2.05) is 43.3 Å². The van der Waals surface area contributed by atoms with Crippen LogP contribution in [0, 0.1) is 0 Å². The average molecular weight is 219 g/mol. The van der Waals surface area contributed by atoms with Crippen LogP contribution in [0.4, 0.5) is 5.69 Å². The number of hydrogen-bond acceptors (Lipinski definition) is 3. The van der Waals surface area contributed by atoms with Crippen molar-refractivity contribution in [3.63, 3.8) is 0 Å². The van der Waals surface area contributed by atoms with Crippen LogP contribution in [0.2, 0.25) is 0 Å². The van der Waals surface area contributed by atoms with Gasteiger partial charge < -0.3 is 9.64 Å². The predicted molar refractivity (Wildman–Crippen MR) is 66.4 cm³/mol. The number of carbonyl (C=O) groups is 1. The molecular formula is C13H17NO2. The molecule has 0 spiro atoms. The molecule has 0 N–H and O–H groups in total. The standard InChI is InChI=1S/C13H17NO2/c1-5-16-13(15)10(2)11-6-8-12(9-7-11)14(3)4/h6-9H,2,5H2,1,3-4H3. The predicted octanol–water partition coefficient (Wildman–Crippen LogP) is 2.33. The van der Waals surface area contributed by atoms with Crippen LogP contribution >= 0.6 is 0 Å². The van der Waals surface area contributed by atoms with E-state index in [-0.39, 0.29) is 5.97 Å². The van der Waals surface area contributed by atoms with Gasteiger partial charge in [-0.05, 0) is 24.6 Å². The topological polar surface area (TPSA) is 29.5 Å². The molecule has 0 unspecified atom stereocenters. The van der Waals surface area contributed by atoms with Crippen molar-refractivity contribution in [2.75, 3.05) is 25.6 Å². The average Bonchev–Trinajstić information content (AvgIpc) is 2.28. The number of nitrogens with zero attached hydrogens (tertiary/aromatic N) is 1. The van der Waals surface area contributed by atoms with Crippen molar-refractivity contribution >= 4 is 17.2 Å². The number of hydrogen-bond donors (Lipinski definition) is 0. The fraction of sp³-hybridized carbons (Fsp3) is 0.308. The molecule has 0 saturated carbocycles. The molecule has 1 rings (SSSR count). The molecule has 0 aromatic heterocycles. The molecule has 3 heteroatoms. The lowest BCUT2D eigenvalue weighted by atomic mass is 10.1. The maximum absolute atomic E-state index is 11.4. The normalized spacial score (nSPS) is 9.69. The van der Waals surface area contributed by atoms with Crippen molar-refractivity contribution in [1.29, 1.82) is 0 Å². The highest BCUT2D eigenvalue weighted by molar-refractivity contribution is 6.15. The van der Waals surface area contributed by atoms with Gasteiger partial charge in [0.15, 0.2) is 0 Å². The fourth-order valence-corrected chi connectivity index (χ4v) is 1.30. The molecule has 0 aliphatic heterocycles. The monoisotopic (exact) mass is 219 g/mol. The Bertz CT molecular complexity index is 379. The summed E-state index contributed by atoms with van der Waals surface area (Å²) >= 11 is 0. The van der Waals surface area contributed by atoms with Crippen LogP contribution in [0.5, 0.6) is 0 Å². The minimum atomic E-state index is -0.361. The Morgan fingerprint density at radius 2 is 1.88 bits per heavy atom. The summed E-state index contributed by atoms with van der Waals surface area (Å²) in [5.74, 6) is -0.361. The van der Waals surface area contributed by atoms with Gasteiger partial charge in [-0.25, -0.2) is 4.79 Å². The van der Waals surface area contributed by atoms with Gasteiger partial charge in [-0.1, -0.05) is 18.7 Å². The van der Waals surface area contributed by atoms with Gasteiger partial charge in [0.25, 0.3) is 0 Å². The molecule has 16 heavy (non-hydrogen) atoms. The molecular weight excluding hydrogens is 202 g/mol. The smallest absolute Gasteiger partial charge is 0.338 e. The van der Waals surface area contributed by atoms with E-state index in [1.165, 1.54) is 0 Å². The van der Waals surface area contributed by atoms with E-state index in [2.05, 4.69) is 6.58 Å². The number of rotatable bonds is 4. The molecule has 1 aromatic carbocycles. The molecule has 0 aliphatic carbocycles. The van der Waals surface area contributed by atoms with Crippen molar-refractivity contribution < 1.29 is 9.53 Å². The van der Waals surface area contributed by atoms with Gasteiger partial charge >= 0.3 is 5.97 Å². The van der Waals surface area contributed by atoms with Crippen LogP contribution < -0.4 is 4.90 Å². The third kappa shape index (κ3) is 2.86. The number of ether oxygens (including phenoxy) is 1. The van der Waals surface area contributed by atoms with Gasteiger partial charge in [0.2, 0.25) is 0 Å². The SMILES string of the molecule is C=C(C(=O)OCC)c1ccc(N(C)C)cc1. The third-order valence-corrected chi connectivity index (χ3v) is 2.25. The van der Waals surface area contributed by atoms with Crippen molar-refractivity contribution in [2.45, 2.75) is 6.92 Å². The van der Waals surface area contributed by atoms with Gasteiger partial charge in [0, 0.05) is 19.8 Å². The first-order valence-corrected chi connectivity index (χ1v) is 5.20. The molecule has 0 saturated heterocycles. The zero-order valence-electron chi connectivity index (χ0n) is 9.99. The van der Waals surface area contributed by atoms with Gasteiger partial charge in [-0.3, -0.25) is 0 Å². The minimum Gasteiger partial charge on any atom is -0.462 e. The fourth-order valence-electron chi connectivity index (χ4n) is 1.30. The summed E-state index contributed by atoms with van der Waals surface area (Å²) < 4.78 is 4.89. The number of esters is 1. The Hall–Kier alpha value is -1.77. The van der Waals surface area contributed by atoms with Gasteiger partial charge in [0.1, 0.15) is 0 Å². The second-order valence-electron chi connectivity index (χ2n) is 3.64. The zero-order chi connectivity index (χ0) is 12.1. The van der Waals surface area contributed by atoms with Crippen LogP contribution in [0.15, 0.2) is 30.8 Å². The molecule has 0 fully saturated rings. The molecule has 0 atom stereocenters. The van der Waals surface area contributed by atoms with Gasteiger partial charge in [0.05, 0.1) is 12.2 Å². The van der Waals surface area contributed by atoms with E-state index < -0.39 is 0 Å². The lowest BCUT2D eigenvalue weighted by Gasteiger charge is -2.13. The van der Waals surface area contributed by atoms with Crippen molar-refractivity contribution in [3.05, 3.63) is 36.4 Å². The first-order valence-electron chi connectivity index (χ1n) is 5.20. The number of anilines is 1. The van der Waals surface area contributed by atoms with E-state index >= 15 is 0 Å². The Kier molecular flexibility index (Phi) is 4.11. The molecule has 0 amide bonds. The molecule has 0 radical (unpaired) electrons.